The SMILES string of the molecule is O[Si](O)(O)O.O[Si](O)(O)O.O[Si](O)(O)O.[Lu].[Lu].[Lu].[Lu]. The van der Waals surface area contributed by atoms with Crippen LogP contribution in [-0.4, -0.2) is 84.7 Å². The van der Waals surface area contributed by atoms with Crippen LogP contribution in [0.3, 0.4) is 0 Å². The zero-order chi connectivity index (χ0) is 13.5. The van der Waals surface area contributed by atoms with Crippen LogP contribution in [0.1, 0.15) is 0 Å². The second kappa shape index (κ2) is 21.1. The molecule has 4 radical (unpaired) electrons. The van der Waals surface area contributed by atoms with Crippen LogP contribution in [0.2, 0.25) is 0 Å². The summed E-state index contributed by atoms with van der Waals surface area (Å²) in [5.74, 6) is 0. The quantitative estimate of drug-likeness (QED) is 0.101. The van der Waals surface area contributed by atoms with Crippen molar-refractivity contribution < 1.29 is 205 Å². The van der Waals surface area contributed by atoms with E-state index < -0.39 is 27.1 Å². The summed E-state index contributed by atoms with van der Waals surface area (Å²) in [5.41, 5.74) is 0. The van der Waals surface area contributed by atoms with Crippen molar-refractivity contribution in [3.05, 3.63) is 0 Å². The van der Waals surface area contributed by atoms with Gasteiger partial charge in [0, 0.05) is 147 Å². The van der Waals surface area contributed by atoms with Gasteiger partial charge in [0.25, 0.3) is 0 Å². The third-order valence-electron chi connectivity index (χ3n) is 0. The van der Waals surface area contributed by atoms with E-state index in [1.165, 1.54) is 0 Å². The predicted octanol–water partition coefficient (Wildman–Crippen LogP) is -7.83. The van der Waals surface area contributed by atoms with Crippen molar-refractivity contribution in [1.29, 1.82) is 0 Å². The first kappa shape index (κ1) is 44.0. The molecule has 0 bridgehead atoms. The molecular formula is H12Lu4O12Si3. The molecule has 12 nitrogen and oxygen atoms in total. The zero-order valence-electron chi connectivity index (χ0n) is 7.90. The molecule has 0 saturated carbocycles. The van der Waals surface area contributed by atoms with Crippen molar-refractivity contribution in [2.24, 2.45) is 0 Å². The third kappa shape index (κ3) is 395. The van der Waals surface area contributed by atoms with Gasteiger partial charge in [-0.2, -0.15) is 0 Å². The van der Waals surface area contributed by atoms with Crippen LogP contribution in [-0.2, 0) is 0 Å². The van der Waals surface area contributed by atoms with Gasteiger partial charge in [-0.1, -0.05) is 0 Å². The molecule has 0 spiro atoms. The summed E-state index contributed by atoms with van der Waals surface area (Å²) in [4.78, 5) is 87.9. The Labute approximate surface area is 227 Å². The maximum atomic E-state index is 7.33. The molecule has 19 heavy (non-hydrogen) atoms. The van der Waals surface area contributed by atoms with Gasteiger partial charge >= 0.3 is 27.1 Å². The predicted molar refractivity (Wildman–Crippen MR) is 43.9 cm³/mol. The van der Waals surface area contributed by atoms with E-state index in [4.69, 9.17) is 57.5 Å². The van der Waals surface area contributed by atoms with Gasteiger partial charge in [0.05, 0.1) is 0 Å². The van der Waals surface area contributed by atoms with E-state index in [1.54, 1.807) is 0 Å². The monoisotopic (exact) mass is 988 g/mol. The standard InChI is InChI=1S/4Lu.3H4O4Si/c;;;;3*1-5(2,3)4/h;;;;3*1-4H. The van der Waals surface area contributed by atoms with Gasteiger partial charge in [0.15, 0.2) is 0 Å². The van der Waals surface area contributed by atoms with Crippen molar-refractivity contribution in [3.63, 3.8) is 0 Å². The second-order valence-corrected chi connectivity index (χ2v) is 5.40. The van der Waals surface area contributed by atoms with Crippen molar-refractivity contribution in [2.75, 3.05) is 0 Å². The van der Waals surface area contributed by atoms with Gasteiger partial charge in [-0.25, -0.2) is 0 Å². The molecule has 0 fully saturated rings. The van der Waals surface area contributed by atoms with Crippen LogP contribution < -0.4 is 0 Å². The van der Waals surface area contributed by atoms with Gasteiger partial charge in [-0.3, -0.25) is 0 Å². The summed E-state index contributed by atoms with van der Waals surface area (Å²) in [6.45, 7) is 0. The molecule has 0 saturated heterocycles. The van der Waals surface area contributed by atoms with Crippen molar-refractivity contribution in [2.45, 2.75) is 0 Å². The van der Waals surface area contributed by atoms with Crippen LogP contribution in [0, 0.1) is 147 Å². The largest absolute Gasteiger partial charge is 0.668 e. The Morgan fingerprint density at radius 3 is 0.263 bits per heavy atom. The van der Waals surface area contributed by atoms with Gasteiger partial charge in [0.1, 0.15) is 0 Å². The number of hydrogen-bond acceptors (Lipinski definition) is 12. The van der Waals surface area contributed by atoms with Gasteiger partial charge in [-0.05, 0) is 0 Å². The molecule has 156 valence electrons. The first-order valence-corrected chi connectivity index (χ1v) is 8.05. The first-order valence-electron chi connectivity index (χ1n) is 2.68. The molecular weight excluding hydrogens is 976 g/mol. The molecule has 0 aromatic heterocycles. The molecule has 0 unspecified atom stereocenters. The van der Waals surface area contributed by atoms with E-state index in [0.29, 0.717) is 0 Å². The molecule has 0 aliphatic heterocycles. The minimum absolute atomic E-state index is 0. The Morgan fingerprint density at radius 1 is 0.263 bits per heavy atom. The molecule has 0 rings (SSSR count). The Kier molecular flexibility index (Phi) is 49.0. The van der Waals surface area contributed by atoms with Crippen molar-refractivity contribution >= 4 is 27.1 Å². The fraction of sp³-hybridized carbons (Fsp3) is 0. The van der Waals surface area contributed by atoms with E-state index in [9.17, 15) is 0 Å². The van der Waals surface area contributed by atoms with Crippen LogP contribution in [0.15, 0.2) is 0 Å². The molecule has 0 aliphatic rings. The van der Waals surface area contributed by atoms with Crippen LogP contribution in [0.5, 0.6) is 0 Å². The number of hydrogen-bond donors (Lipinski definition) is 12. The summed E-state index contributed by atoms with van der Waals surface area (Å²) in [6.07, 6.45) is 0. The summed E-state index contributed by atoms with van der Waals surface area (Å²) >= 11 is 0. The van der Waals surface area contributed by atoms with E-state index >= 15 is 0 Å². The van der Waals surface area contributed by atoms with E-state index in [-0.39, 0.29) is 147 Å². The first-order chi connectivity index (χ1) is 6.00. The Bertz CT molecular complexity index is 100.0. The normalized spacial score (nSPS) is 9.47. The Morgan fingerprint density at radius 2 is 0.263 bits per heavy atom. The fourth-order valence-electron chi connectivity index (χ4n) is 0. The summed E-state index contributed by atoms with van der Waals surface area (Å²) in [5, 5.41) is 0. The van der Waals surface area contributed by atoms with E-state index in [0.717, 1.165) is 0 Å². The minimum atomic E-state index is -4.61. The summed E-state index contributed by atoms with van der Waals surface area (Å²) in [7, 11) is -13.8. The van der Waals surface area contributed by atoms with Crippen LogP contribution in [0.4, 0.5) is 0 Å². The van der Waals surface area contributed by atoms with Gasteiger partial charge < -0.3 is 57.5 Å². The molecule has 0 amide bonds. The van der Waals surface area contributed by atoms with Crippen molar-refractivity contribution in [3.8, 4) is 0 Å². The average molecular weight is 988 g/mol. The maximum Gasteiger partial charge on any atom is 0.668 e. The fourth-order valence-corrected chi connectivity index (χ4v) is 0. The van der Waals surface area contributed by atoms with Crippen LogP contribution in [0.25, 0.3) is 0 Å². The molecule has 19 heteroatoms. The molecule has 0 heterocycles. The summed E-state index contributed by atoms with van der Waals surface area (Å²) in [6, 6.07) is 0. The zero-order valence-corrected chi connectivity index (χ0v) is 17.5. The van der Waals surface area contributed by atoms with Crippen LogP contribution >= 0.6 is 0 Å². The molecule has 0 aromatic carbocycles. The smallest absolute Gasteiger partial charge is 0.368 e. The Balaban J connectivity index is -0.0000000206. The Hall–Kier alpha value is 5.11. The van der Waals surface area contributed by atoms with Gasteiger partial charge in [0.2, 0.25) is 0 Å². The molecule has 0 aliphatic carbocycles. The topological polar surface area (TPSA) is 243 Å². The maximum absolute atomic E-state index is 7.33. The number of rotatable bonds is 0. The molecule has 0 aromatic rings. The third-order valence-corrected chi connectivity index (χ3v) is 0. The minimum Gasteiger partial charge on any atom is -0.368 e. The van der Waals surface area contributed by atoms with Gasteiger partial charge in [-0.15, -0.1) is 0 Å². The van der Waals surface area contributed by atoms with Crippen molar-refractivity contribution in [1.82, 2.24) is 0 Å². The summed E-state index contributed by atoms with van der Waals surface area (Å²) < 4.78 is 0. The molecule has 0 atom stereocenters. The van der Waals surface area contributed by atoms with E-state index in [1.807, 2.05) is 0 Å². The van der Waals surface area contributed by atoms with E-state index in [2.05, 4.69) is 0 Å². The second-order valence-electron chi connectivity index (χ2n) is 1.80. The average Bonchev–Trinajstić information content (AvgIpc) is 1.41. The molecule has 12 N–H and O–H groups in total.